The zero-order valence-electron chi connectivity index (χ0n) is 17.5. The Balaban J connectivity index is 1.26. The molecule has 2 amide bonds. The van der Waals surface area contributed by atoms with Gasteiger partial charge in [0.1, 0.15) is 6.10 Å². The predicted molar refractivity (Wildman–Crippen MR) is 111 cm³/mol. The molecule has 34 heavy (non-hydrogen) atoms. The van der Waals surface area contributed by atoms with Crippen LogP contribution in [0.25, 0.3) is 10.9 Å². The summed E-state index contributed by atoms with van der Waals surface area (Å²) in [4.78, 5) is 30.9. The largest absolute Gasteiger partial charge is 0.474 e. The van der Waals surface area contributed by atoms with Crippen LogP contribution in [0, 0.1) is 11.6 Å². The Hall–Kier alpha value is -3.70. The van der Waals surface area contributed by atoms with Crippen LogP contribution in [0.2, 0.25) is 0 Å². The molecule has 1 fully saturated rings. The van der Waals surface area contributed by atoms with Gasteiger partial charge >= 0.3 is 18.0 Å². The molecular formula is C22H19F5N4O3. The molecule has 12 heteroatoms. The predicted octanol–water partition coefficient (Wildman–Crippen LogP) is 4.30. The van der Waals surface area contributed by atoms with Gasteiger partial charge in [0.15, 0.2) is 11.6 Å². The second-order valence-electron chi connectivity index (χ2n) is 7.92. The van der Waals surface area contributed by atoms with E-state index in [0.29, 0.717) is 31.9 Å². The highest BCUT2D eigenvalue weighted by Gasteiger charge is 2.31. The summed E-state index contributed by atoms with van der Waals surface area (Å²) in [5, 5.41) is 5.21. The molecule has 0 aliphatic heterocycles. The molecule has 3 aromatic rings. The first kappa shape index (κ1) is 23.5. The fourth-order valence-electron chi connectivity index (χ4n) is 3.76. The number of nitrogens with one attached hydrogen (secondary N) is 3. The van der Waals surface area contributed by atoms with E-state index in [-0.39, 0.29) is 34.6 Å². The molecular weight excluding hydrogens is 463 g/mol. The van der Waals surface area contributed by atoms with Crippen LogP contribution in [0.4, 0.5) is 27.6 Å². The van der Waals surface area contributed by atoms with Crippen molar-refractivity contribution >= 4 is 28.4 Å². The average Bonchev–Trinajstić information content (AvgIpc) is 3.16. The molecule has 7 nitrogen and oxygen atoms in total. The maximum atomic E-state index is 13.5. The van der Waals surface area contributed by atoms with Gasteiger partial charge in [-0.2, -0.15) is 13.2 Å². The smallest absolute Gasteiger partial charge is 0.417 e. The van der Waals surface area contributed by atoms with Crippen molar-refractivity contribution in [1.29, 1.82) is 0 Å². The Morgan fingerprint density at radius 1 is 1.03 bits per heavy atom. The Labute approximate surface area is 189 Å². The average molecular weight is 482 g/mol. The van der Waals surface area contributed by atoms with Gasteiger partial charge in [-0.15, -0.1) is 0 Å². The quantitative estimate of drug-likeness (QED) is 0.382. The van der Waals surface area contributed by atoms with Crippen molar-refractivity contribution in [3.05, 3.63) is 53.9 Å². The number of carbonyl (C=O) groups excluding carboxylic acids is 2. The van der Waals surface area contributed by atoms with Gasteiger partial charge in [0.05, 0.1) is 16.8 Å². The number of carbonyl (C=O) groups is 2. The molecule has 4 rings (SSSR count). The summed E-state index contributed by atoms with van der Waals surface area (Å²) < 4.78 is 70.3. The van der Waals surface area contributed by atoms with Crippen molar-refractivity contribution in [2.75, 3.05) is 5.32 Å². The van der Waals surface area contributed by atoms with E-state index in [2.05, 4.69) is 20.6 Å². The Bertz CT molecular complexity index is 1200. The minimum absolute atomic E-state index is 0.0786. The van der Waals surface area contributed by atoms with E-state index in [9.17, 15) is 31.5 Å². The van der Waals surface area contributed by atoms with Crippen molar-refractivity contribution in [3.8, 4) is 5.88 Å². The Morgan fingerprint density at radius 2 is 1.74 bits per heavy atom. The molecule has 0 atom stereocenters. The molecule has 0 spiro atoms. The van der Waals surface area contributed by atoms with Gasteiger partial charge in [-0.1, -0.05) is 0 Å². The lowest BCUT2D eigenvalue weighted by atomic mass is 9.93. The number of anilines is 1. The number of nitrogens with zero attached hydrogens (tertiary/aromatic N) is 1. The molecule has 3 N–H and O–H groups in total. The third-order valence-electron chi connectivity index (χ3n) is 5.54. The lowest BCUT2D eigenvalue weighted by Crippen LogP contribution is -2.44. The van der Waals surface area contributed by atoms with E-state index in [4.69, 9.17) is 4.74 Å². The number of aromatic nitrogens is 2. The van der Waals surface area contributed by atoms with Crippen LogP contribution in [0.1, 0.15) is 31.2 Å². The molecule has 2 heterocycles. The Kier molecular flexibility index (Phi) is 6.40. The van der Waals surface area contributed by atoms with Crippen molar-refractivity contribution in [3.63, 3.8) is 0 Å². The standard InChI is InChI=1S/C22H19F5N4O3/c23-15-7-14-17(8-16(15)24)28-10-18(14)31-21(33)20(32)30-12-2-4-13(5-3-12)34-19-6-1-11(9-29-19)22(25,26)27/h1,6-10,12-13,28H,2-5H2,(H,30,32)(H,31,33)/t12-,13-. The maximum absolute atomic E-state index is 13.5. The first-order chi connectivity index (χ1) is 16.1. The van der Waals surface area contributed by atoms with Crippen LogP contribution in [0.15, 0.2) is 36.7 Å². The summed E-state index contributed by atoms with van der Waals surface area (Å²) in [6.07, 6.45) is -0.747. The number of amides is 2. The van der Waals surface area contributed by atoms with E-state index in [0.717, 1.165) is 24.3 Å². The number of rotatable bonds is 4. The zero-order valence-corrected chi connectivity index (χ0v) is 17.5. The summed E-state index contributed by atoms with van der Waals surface area (Å²) in [5.41, 5.74) is -0.472. The zero-order chi connectivity index (χ0) is 24.5. The topological polar surface area (TPSA) is 96.1 Å². The number of alkyl halides is 3. The van der Waals surface area contributed by atoms with E-state index < -0.39 is 35.2 Å². The van der Waals surface area contributed by atoms with Crippen LogP contribution in [-0.4, -0.2) is 33.9 Å². The summed E-state index contributed by atoms with van der Waals surface area (Å²) in [6, 6.07) is 3.62. The second kappa shape index (κ2) is 9.27. The van der Waals surface area contributed by atoms with Gasteiger partial charge in [-0.25, -0.2) is 13.8 Å². The van der Waals surface area contributed by atoms with Gasteiger partial charge < -0.3 is 20.4 Å². The van der Waals surface area contributed by atoms with Gasteiger partial charge in [0.25, 0.3) is 0 Å². The highest BCUT2D eigenvalue weighted by molar-refractivity contribution is 6.40. The molecule has 1 saturated carbocycles. The van der Waals surface area contributed by atoms with Crippen LogP contribution >= 0.6 is 0 Å². The summed E-state index contributed by atoms with van der Waals surface area (Å²) in [5.74, 6) is -3.89. The number of ether oxygens (including phenoxy) is 1. The monoisotopic (exact) mass is 482 g/mol. The first-order valence-electron chi connectivity index (χ1n) is 10.4. The molecule has 2 aromatic heterocycles. The third kappa shape index (κ3) is 5.26. The number of halogens is 5. The SMILES string of the molecule is O=C(Nc1c[nH]c2cc(F)c(F)cc12)C(=O)N[C@H]1CC[C@H](Oc2ccc(C(F)(F)F)cn2)CC1. The number of fused-ring (bicyclic) bond motifs is 1. The number of aromatic amines is 1. The van der Waals surface area contributed by atoms with Gasteiger partial charge in [0.2, 0.25) is 5.88 Å². The number of hydrogen-bond acceptors (Lipinski definition) is 4. The molecule has 0 radical (unpaired) electrons. The molecule has 1 aliphatic rings. The van der Waals surface area contributed by atoms with Crippen LogP contribution in [-0.2, 0) is 15.8 Å². The minimum atomic E-state index is -4.48. The number of H-pyrrole nitrogens is 1. The molecule has 1 aliphatic carbocycles. The molecule has 180 valence electrons. The highest BCUT2D eigenvalue weighted by atomic mass is 19.4. The van der Waals surface area contributed by atoms with Crippen molar-refractivity contribution < 1.29 is 36.3 Å². The fourth-order valence-corrected chi connectivity index (χ4v) is 3.76. The third-order valence-corrected chi connectivity index (χ3v) is 5.54. The van der Waals surface area contributed by atoms with Crippen LogP contribution in [0.3, 0.4) is 0 Å². The fraction of sp³-hybridized carbons (Fsp3) is 0.318. The first-order valence-corrected chi connectivity index (χ1v) is 10.4. The molecule has 0 saturated heterocycles. The van der Waals surface area contributed by atoms with Gasteiger partial charge in [0, 0.05) is 36.0 Å². The van der Waals surface area contributed by atoms with Gasteiger partial charge in [-0.05, 0) is 37.8 Å². The highest BCUT2D eigenvalue weighted by Crippen LogP contribution is 2.30. The van der Waals surface area contributed by atoms with Crippen LogP contribution in [0.5, 0.6) is 5.88 Å². The van der Waals surface area contributed by atoms with Crippen LogP contribution < -0.4 is 15.4 Å². The molecule has 0 unspecified atom stereocenters. The van der Waals surface area contributed by atoms with Crippen molar-refractivity contribution in [2.24, 2.45) is 0 Å². The van der Waals surface area contributed by atoms with E-state index in [1.807, 2.05) is 0 Å². The molecule has 0 bridgehead atoms. The van der Waals surface area contributed by atoms with Crippen molar-refractivity contribution in [2.45, 2.75) is 44.0 Å². The van der Waals surface area contributed by atoms with E-state index in [1.165, 1.54) is 6.20 Å². The summed E-state index contributed by atoms with van der Waals surface area (Å²) in [7, 11) is 0. The Morgan fingerprint density at radius 3 is 2.38 bits per heavy atom. The normalized spacial score (nSPS) is 18.5. The van der Waals surface area contributed by atoms with Gasteiger partial charge in [-0.3, -0.25) is 9.59 Å². The number of hydrogen-bond donors (Lipinski definition) is 3. The summed E-state index contributed by atoms with van der Waals surface area (Å²) >= 11 is 0. The lowest BCUT2D eigenvalue weighted by Gasteiger charge is -2.29. The maximum Gasteiger partial charge on any atom is 0.417 e. The van der Waals surface area contributed by atoms with E-state index in [1.54, 1.807) is 0 Å². The second-order valence-corrected chi connectivity index (χ2v) is 7.92. The van der Waals surface area contributed by atoms with Crippen molar-refractivity contribution in [1.82, 2.24) is 15.3 Å². The minimum Gasteiger partial charge on any atom is -0.474 e. The summed E-state index contributed by atoms with van der Waals surface area (Å²) in [6.45, 7) is 0. The van der Waals surface area contributed by atoms with E-state index >= 15 is 0 Å². The number of pyridine rings is 1. The molecule has 1 aromatic carbocycles. The number of benzene rings is 1. The lowest BCUT2D eigenvalue weighted by molar-refractivity contribution is -0.137.